The largest absolute Gasteiger partial charge is 0.472 e. The summed E-state index contributed by atoms with van der Waals surface area (Å²) in [7, 11) is 0. The normalized spacial score (nSPS) is 18.0. The standard InChI is InChI=1S/C18H21FN2O2/c19-15-3-1-5-17(11-15)21-9-2-4-16(12-21)20-18(22)7-6-14-8-10-23-13-14/h1,3,5,8,10-11,13,16H,2,4,6-7,9,12H2,(H,20,22). The van der Waals surface area contributed by atoms with Crippen LogP contribution < -0.4 is 10.2 Å². The average molecular weight is 316 g/mol. The highest BCUT2D eigenvalue weighted by molar-refractivity contribution is 5.76. The highest BCUT2D eigenvalue weighted by atomic mass is 19.1. The number of halogens is 1. The van der Waals surface area contributed by atoms with Gasteiger partial charge in [-0.05, 0) is 49.1 Å². The molecule has 0 aliphatic carbocycles. The van der Waals surface area contributed by atoms with Gasteiger partial charge in [0.15, 0.2) is 0 Å². The number of benzene rings is 1. The van der Waals surface area contributed by atoms with Crippen molar-refractivity contribution in [1.29, 1.82) is 0 Å². The Balaban J connectivity index is 1.51. The van der Waals surface area contributed by atoms with Gasteiger partial charge in [0, 0.05) is 31.2 Å². The Labute approximate surface area is 135 Å². The average Bonchev–Trinajstić information content (AvgIpc) is 3.07. The molecule has 0 bridgehead atoms. The Morgan fingerprint density at radius 2 is 2.30 bits per heavy atom. The van der Waals surface area contributed by atoms with Gasteiger partial charge in [-0.1, -0.05) is 6.07 Å². The van der Waals surface area contributed by atoms with E-state index >= 15 is 0 Å². The highest BCUT2D eigenvalue weighted by Gasteiger charge is 2.21. The molecule has 1 aromatic carbocycles. The van der Waals surface area contributed by atoms with Gasteiger partial charge in [0.2, 0.25) is 5.91 Å². The summed E-state index contributed by atoms with van der Waals surface area (Å²) < 4.78 is 18.4. The van der Waals surface area contributed by atoms with E-state index in [2.05, 4.69) is 10.2 Å². The molecule has 1 aliphatic heterocycles. The molecule has 23 heavy (non-hydrogen) atoms. The third-order valence-electron chi connectivity index (χ3n) is 4.18. The van der Waals surface area contributed by atoms with Crippen LogP contribution in [0.4, 0.5) is 10.1 Å². The van der Waals surface area contributed by atoms with Crippen molar-refractivity contribution < 1.29 is 13.6 Å². The van der Waals surface area contributed by atoms with E-state index in [-0.39, 0.29) is 17.8 Å². The lowest BCUT2D eigenvalue weighted by Crippen LogP contribution is -2.47. The van der Waals surface area contributed by atoms with Crippen molar-refractivity contribution in [3.05, 3.63) is 54.2 Å². The van der Waals surface area contributed by atoms with Crippen LogP contribution in [0.15, 0.2) is 47.3 Å². The molecule has 0 spiro atoms. The summed E-state index contributed by atoms with van der Waals surface area (Å²) in [6.07, 6.45) is 6.37. The molecule has 1 N–H and O–H groups in total. The number of furan rings is 1. The van der Waals surface area contributed by atoms with Crippen LogP contribution in [0.3, 0.4) is 0 Å². The van der Waals surface area contributed by atoms with Crippen molar-refractivity contribution in [3.8, 4) is 0 Å². The van der Waals surface area contributed by atoms with Crippen LogP contribution in [0.1, 0.15) is 24.8 Å². The summed E-state index contributed by atoms with van der Waals surface area (Å²) >= 11 is 0. The van der Waals surface area contributed by atoms with E-state index < -0.39 is 0 Å². The molecule has 3 rings (SSSR count). The molecule has 1 unspecified atom stereocenters. The fraction of sp³-hybridized carbons (Fsp3) is 0.389. The predicted octanol–water partition coefficient (Wildman–Crippen LogP) is 3.14. The molecule has 1 atom stereocenters. The van der Waals surface area contributed by atoms with Crippen LogP contribution in [0.5, 0.6) is 0 Å². The van der Waals surface area contributed by atoms with Gasteiger partial charge in [0.25, 0.3) is 0 Å². The highest BCUT2D eigenvalue weighted by Crippen LogP contribution is 2.20. The molecule has 5 heteroatoms. The van der Waals surface area contributed by atoms with E-state index in [0.29, 0.717) is 12.8 Å². The van der Waals surface area contributed by atoms with Crippen molar-refractivity contribution in [2.45, 2.75) is 31.7 Å². The first-order valence-electron chi connectivity index (χ1n) is 8.01. The second-order valence-corrected chi connectivity index (χ2v) is 5.96. The maximum Gasteiger partial charge on any atom is 0.220 e. The minimum atomic E-state index is -0.228. The lowest BCUT2D eigenvalue weighted by Gasteiger charge is -2.34. The predicted molar refractivity (Wildman–Crippen MR) is 86.8 cm³/mol. The molecule has 1 aliphatic rings. The Morgan fingerprint density at radius 1 is 1.39 bits per heavy atom. The Kier molecular flexibility index (Phi) is 4.95. The lowest BCUT2D eigenvalue weighted by atomic mass is 10.0. The van der Waals surface area contributed by atoms with Crippen LogP contribution in [0, 0.1) is 5.82 Å². The van der Waals surface area contributed by atoms with Gasteiger partial charge in [-0.25, -0.2) is 4.39 Å². The molecule has 0 radical (unpaired) electrons. The number of hydrogen-bond donors (Lipinski definition) is 1. The van der Waals surface area contributed by atoms with Gasteiger partial charge in [0.05, 0.1) is 12.5 Å². The Bertz CT molecular complexity index is 642. The quantitative estimate of drug-likeness (QED) is 0.922. The van der Waals surface area contributed by atoms with Gasteiger partial charge in [0.1, 0.15) is 5.82 Å². The summed E-state index contributed by atoms with van der Waals surface area (Å²) in [5.41, 5.74) is 1.91. The fourth-order valence-corrected chi connectivity index (χ4v) is 2.99. The molecule has 1 aromatic heterocycles. The summed E-state index contributed by atoms with van der Waals surface area (Å²) in [4.78, 5) is 14.2. The van der Waals surface area contributed by atoms with Crippen molar-refractivity contribution in [1.82, 2.24) is 5.32 Å². The molecule has 122 valence electrons. The molecule has 1 amide bonds. The van der Waals surface area contributed by atoms with E-state index in [1.165, 1.54) is 6.07 Å². The van der Waals surface area contributed by atoms with Crippen molar-refractivity contribution in [3.63, 3.8) is 0 Å². The fourth-order valence-electron chi connectivity index (χ4n) is 2.99. The third kappa shape index (κ3) is 4.34. The molecule has 2 aromatic rings. The molecular formula is C18H21FN2O2. The second-order valence-electron chi connectivity index (χ2n) is 5.96. The smallest absolute Gasteiger partial charge is 0.220 e. The first kappa shape index (κ1) is 15.6. The zero-order valence-electron chi connectivity index (χ0n) is 13.0. The van der Waals surface area contributed by atoms with E-state index in [1.54, 1.807) is 24.7 Å². The molecule has 4 nitrogen and oxygen atoms in total. The number of hydrogen-bond acceptors (Lipinski definition) is 3. The van der Waals surface area contributed by atoms with E-state index in [9.17, 15) is 9.18 Å². The summed E-state index contributed by atoms with van der Waals surface area (Å²) in [5, 5.41) is 3.09. The van der Waals surface area contributed by atoms with Crippen LogP contribution in [-0.2, 0) is 11.2 Å². The Hall–Kier alpha value is -2.30. The number of piperidine rings is 1. The number of nitrogens with one attached hydrogen (secondary N) is 1. The van der Waals surface area contributed by atoms with Gasteiger partial charge in [-0.15, -0.1) is 0 Å². The SMILES string of the molecule is O=C(CCc1ccoc1)NC1CCCN(c2cccc(F)c2)C1. The number of nitrogens with zero attached hydrogens (tertiary/aromatic N) is 1. The van der Waals surface area contributed by atoms with Crippen molar-refractivity contribution in [2.75, 3.05) is 18.0 Å². The zero-order valence-corrected chi connectivity index (χ0v) is 13.0. The summed E-state index contributed by atoms with van der Waals surface area (Å²) in [5.74, 6) is -0.175. The second kappa shape index (κ2) is 7.31. The molecule has 0 saturated carbocycles. The van der Waals surface area contributed by atoms with Crippen LogP contribution in [0.25, 0.3) is 0 Å². The minimum absolute atomic E-state index is 0.0530. The number of carbonyl (C=O) groups excluding carboxylic acids is 1. The number of rotatable bonds is 5. The van der Waals surface area contributed by atoms with Gasteiger partial charge < -0.3 is 14.6 Å². The van der Waals surface area contributed by atoms with Crippen molar-refractivity contribution >= 4 is 11.6 Å². The minimum Gasteiger partial charge on any atom is -0.472 e. The first-order valence-corrected chi connectivity index (χ1v) is 8.01. The summed E-state index contributed by atoms with van der Waals surface area (Å²) in [6.45, 7) is 1.62. The van der Waals surface area contributed by atoms with E-state index in [0.717, 1.165) is 37.2 Å². The van der Waals surface area contributed by atoms with Gasteiger partial charge >= 0.3 is 0 Å². The topological polar surface area (TPSA) is 45.5 Å². The molecule has 2 heterocycles. The van der Waals surface area contributed by atoms with Crippen LogP contribution in [0.2, 0.25) is 0 Å². The number of carbonyl (C=O) groups is 1. The van der Waals surface area contributed by atoms with Gasteiger partial charge in [-0.3, -0.25) is 4.79 Å². The Morgan fingerprint density at radius 3 is 3.09 bits per heavy atom. The number of anilines is 1. The maximum atomic E-state index is 13.4. The third-order valence-corrected chi connectivity index (χ3v) is 4.18. The van der Waals surface area contributed by atoms with E-state index in [4.69, 9.17) is 4.42 Å². The number of amides is 1. The first-order chi connectivity index (χ1) is 11.2. The van der Waals surface area contributed by atoms with Crippen LogP contribution in [-0.4, -0.2) is 25.0 Å². The van der Waals surface area contributed by atoms with Crippen LogP contribution >= 0.6 is 0 Å². The lowest BCUT2D eigenvalue weighted by molar-refractivity contribution is -0.121. The zero-order chi connectivity index (χ0) is 16.1. The van der Waals surface area contributed by atoms with Gasteiger partial charge in [-0.2, -0.15) is 0 Å². The molecule has 1 fully saturated rings. The maximum absolute atomic E-state index is 13.4. The molecular weight excluding hydrogens is 295 g/mol. The van der Waals surface area contributed by atoms with Crippen molar-refractivity contribution in [2.24, 2.45) is 0 Å². The summed E-state index contributed by atoms with van der Waals surface area (Å²) in [6, 6.07) is 8.61. The molecule has 1 saturated heterocycles. The van der Waals surface area contributed by atoms with E-state index in [1.807, 2.05) is 12.1 Å². The monoisotopic (exact) mass is 316 g/mol. The number of aryl methyl sites for hydroxylation is 1.